The first-order valence-electron chi connectivity index (χ1n) is 10.3. The van der Waals surface area contributed by atoms with E-state index >= 15 is 0 Å². The Morgan fingerprint density at radius 2 is 1.22 bits per heavy atom. The van der Waals surface area contributed by atoms with Crippen LogP contribution in [0.1, 0.15) is 0 Å². The molecule has 19 heteroatoms. The minimum Gasteiger partial charge on any atom is -0.780 e. The summed E-state index contributed by atoms with van der Waals surface area (Å²) in [5.74, 6) is -0.857. The summed E-state index contributed by atoms with van der Waals surface area (Å²) >= 11 is 0. The van der Waals surface area contributed by atoms with Gasteiger partial charge in [0.15, 0.2) is 23.0 Å². The molecule has 5 rings (SSSR count). The first-order chi connectivity index (χ1) is 17.3. The van der Waals surface area contributed by atoms with Gasteiger partial charge in [-0.15, -0.1) is 0 Å². The van der Waals surface area contributed by atoms with Crippen LogP contribution in [0.5, 0.6) is 23.0 Å². The number of hydrogen-bond acceptors (Lipinski definition) is 12. The summed E-state index contributed by atoms with van der Waals surface area (Å²) in [5, 5.41) is 2.04. The molecule has 0 saturated carbocycles. The zero-order chi connectivity index (χ0) is 26.9. The first kappa shape index (κ1) is 39.5. The van der Waals surface area contributed by atoms with Crippen LogP contribution in [0.25, 0.3) is 43.5 Å². The Hall–Kier alpha value is 0.430. The van der Waals surface area contributed by atoms with Crippen LogP contribution >= 0.6 is 15.6 Å². The molecule has 0 radical (unpaired) electrons. The summed E-state index contributed by atoms with van der Waals surface area (Å²) in [4.78, 5) is 57.7. The fraction of sp³-hybridized carbons (Fsp3) is 0.136. The van der Waals surface area contributed by atoms with Crippen molar-refractivity contribution in [3.8, 4) is 23.0 Å². The molecule has 13 nitrogen and oxygen atoms in total. The molecule has 2 heterocycles. The van der Waals surface area contributed by atoms with E-state index in [0.29, 0.717) is 32.6 Å². The maximum Gasteiger partial charge on any atom is 1.00 e. The van der Waals surface area contributed by atoms with Gasteiger partial charge >= 0.3 is 124 Å². The molecule has 0 atom stereocenters. The third kappa shape index (κ3) is 7.81. The van der Waals surface area contributed by atoms with E-state index < -0.39 is 27.0 Å². The Morgan fingerprint density at radius 1 is 0.707 bits per heavy atom. The second-order valence-corrected chi connectivity index (χ2v) is 10.1. The van der Waals surface area contributed by atoms with Crippen LogP contribution in [0.2, 0.25) is 0 Å². The Morgan fingerprint density at radius 3 is 1.73 bits per heavy atom. The number of aromatic nitrogens is 1. The molecule has 3 aromatic carbocycles. The van der Waals surface area contributed by atoms with E-state index in [4.69, 9.17) is 13.9 Å². The predicted octanol–water partition coefficient (Wildman–Crippen LogP) is -11.0. The number of rotatable bonds is 6. The van der Waals surface area contributed by atoms with Crippen LogP contribution in [-0.4, -0.2) is 18.8 Å². The molecule has 0 spiro atoms. The molecule has 5 aromatic rings. The van der Waals surface area contributed by atoms with Crippen LogP contribution in [0, 0.1) is 0 Å². The van der Waals surface area contributed by atoms with Crippen LogP contribution in [0.4, 0.5) is 0 Å². The molecule has 0 unspecified atom stereocenters. The standard InChI is InChI=1S/C22H19NO12P2.4Na/c1-23-20-11(5-4-10-6-17(34-36(25,26)27)15(31-2)7-12(10)20)19-21(23)13-8-16(32-3)18(35-37(28,29)30)9-14(13)33-22(19)24;;;;/h4-9H,1-3H3,(H2,25,26,27)(H2,28,29,30);;;;/q;4*+1/p-4. The van der Waals surface area contributed by atoms with Gasteiger partial charge in [-0.1, -0.05) is 12.1 Å². The van der Waals surface area contributed by atoms with E-state index in [0.717, 1.165) is 6.07 Å². The largest absolute Gasteiger partial charge is 1.00 e. The van der Waals surface area contributed by atoms with Crippen molar-refractivity contribution in [2.75, 3.05) is 14.2 Å². The van der Waals surface area contributed by atoms with Gasteiger partial charge < -0.3 is 56.2 Å². The summed E-state index contributed by atoms with van der Waals surface area (Å²) in [6, 6.07) is 8.46. The van der Waals surface area contributed by atoms with Gasteiger partial charge in [-0.3, -0.25) is 0 Å². The van der Waals surface area contributed by atoms with Crippen LogP contribution < -0.4 is 162 Å². The number of phosphoric ester groups is 2. The Balaban J connectivity index is 0.00000210. The molecule has 41 heavy (non-hydrogen) atoms. The number of benzene rings is 3. The number of hydrogen-bond donors (Lipinski definition) is 0. The normalized spacial score (nSPS) is 11.3. The minimum atomic E-state index is -5.44. The smallest absolute Gasteiger partial charge is 0.780 e. The van der Waals surface area contributed by atoms with Gasteiger partial charge in [0.2, 0.25) is 0 Å². The van der Waals surface area contributed by atoms with Crippen molar-refractivity contribution in [3.63, 3.8) is 0 Å². The Bertz CT molecular complexity index is 1910. The molecule has 0 bridgehead atoms. The quantitative estimate of drug-likeness (QED) is 0.0968. The fourth-order valence-corrected chi connectivity index (χ4v) is 5.24. The molecule has 2 aromatic heterocycles. The summed E-state index contributed by atoms with van der Waals surface area (Å²) in [6.45, 7) is 0. The Kier molecular flexibility index (Phi) is 14.1. The van der Waals surface area contributed by atoms with Crippen molar-refractivity contribution in [3.05, 3.63) is 46.8 Å². The topological polar surface area (TPSA) is 198 Å². The summed E-state index contributed by atoms with van der Waals surface area (Å²) in [5.41, 5.74) is 0.120. The maximum absolute atomic E-state index is 13.1. The van der Waals surface area contributed by atoms with Crippen molar-refractivity contribution >= 4 is 59.2 Å². The zero-order valence-electron chi connectivity index (χ0n) is 23.2. The van der Waals surface area contributed by atoms with Gasteiger partial charge in [-0.05, 0) is 23.6 Å². The average molecular weight is 639 g/mol. The van der Waals surface area contributed by atoms with Crippen molar-refractivity contribution in [1.82, 2.24) is 4.57 Å². The molecule has 194 valence electrons. The third-order valence-corrected chi connectivity index (χ3v) is 6.64. The second-order valence-electron chi connectivity index (χ2n) is 7.93. The molecular weight excluding hydrogens is 624 g/mol. The van der Waals surface area contributed by atoms with Gasteiger partial charge in [0.1, 0.15) is 21.2 Å². The van der Waals surface area contributed by atoms with Crippen LogP contribution in [0.15, 0.2) is 45.6 Å². The SMILES string of the molecule is COc1cc2c(ccc3c4c(=O)oc5cc(OP(=O)([O-])[O-])c(OC)cc5c4n(C)c23)cc1OP(=O)([O-])[O-].[Na+].[Na+].[Na+].[Na+]. The molecule has 0 amide bonds. The van der Waals surface area contributed by atoms with Crippen molar-refractivity contribution in [1.29, 1.82) is 0 Å². The zero-order valence-corrected chi connectivity index (χ0v) is 33.0. The molecule has 0 N–H and O–H groups in total. The van der Waals surface area contributed by atoms with E-state index in [9.17, 15) is 33.5 Å². The predicted molar refractivity (Wildman–Crippen MR) is 124 cm³/mol. The number of ether oxygens (including phenoxy) is 2. The van der Waals surface area contributed by atoms with Crippen molar-refractivity contribution in [2.24, 2.45) is 7.05 Å². The summed E-state index contributed by atoms with van der Waals surface area (Å²) in [6.07, 6.45) is 0. The van der Waals surface area contributed by atoms with Gasteiger partial charge in [0.05, 0.1) is 30.6 Å². The van der Waals surface area contributed by atoms with E-state index in [-0.39, 0.29) is 146 Å². The van der Waals surface area contributed by atoms with Gasteiger partial charge in [0, 0.05) is 29.3 Å². The number of phosphoric acid groups is 2. The first-order valence-corrected chi connectivity index (χ1v) is 13.2. The number of nitrogens with zero attached hydrogens (tertiary/aromatic N) is 1. The summed E-state index contributed by atoms with van der Waals surface area (Å²) < 4.78 is 48.9. The van der Waals surface area contributed by atoms with Gasteiger partial charge in [0.25, 0.3) is 0 Å². The average Bonchev–Trinajstić information content (AvgIpc) is 3.10. The molecular formula is C22H15NNa4O12P2. The van der Waals surface area contributed by atoms with E-state index in [1.165, 1.54) is 32.4 Å². The van der Waals surface area contributed by atoms with E-state index in [1.54, 1.807) is 23.7 Å². The molecule has 0 fully saturated rings. The van der Waals surface area contributed by atoms with Crippen molar-refractivity contribution in [2.45, 2.75) is 0 Å². The second kappa shape index (κ2) is 14.7. The van der Waals surface area contributed by atoms with Crippen LogP contribution in [-0.2, 0) is 16.2 Å². The molecule has 0 aliphatic carbocycles. The van der Waals surface area contributed by atoms with Gasteiger partial charge in [-0.2, -0.15) is 0 Å². The Labute approximate surface area is 320 Å². The maximum atomic E-state index is 13.1. The fourth-order valence-electron chi connectivity index (χ4n) is 4.47. The van der Waals surface area contributed by atoms with Gasteiger partial charge in [-0.25, -0.2) is 4.79 Å². The van der Waals surface area contributed by atoms with E-state index in [1.807, 2.05) is 0 Å². The molecule has 0 aliphatic heterocycles. The monoisotopic (exact) mass is 639 g/mol. The number of aryl methyl sites for hydroxylation is 1. The minimum absolute atomic E-state index is 0. The van der Waals surface area contributed by atoms with Crippen LogP contribution in [0.3, 0.4) is 0 Å². The number of fused-ring (bicyclic) bond motifs is 7. The van der Waals surface area contributed by atoms with Crippen molar-refractivity contribution < 1.29 is 170 Å². The van der Waals surface area contributed by atoms with E-state index in [2.05, 4.69) is 9.05 Å². The summed E-state index contributed by atoms with van der Waals surface area (Å²) in [7, 11) is -6.61. The number of methoxy groups -OCH3 is 2. The molecule has 0 saturated heterocycles. The third-order valence-electron chi connectivity index (χ3n) is 5.80. The molecule has 0 aliphatic rings.